The van der Waals surface area contributed by atoms with Gasteiger partial charge in [0.05, 0.1) is 17.7 Å². The van der Waals surface area contributed by atoms with Crippen molar-refractivity contribution in [2.45, 2.75) is 19.6 Å². The van der Waals surface area contributed by atoms with Crippen LogP contribution in [0.3, 0.4) is 0 Å². The number of nitrogens with zero attached hydrogens (tertiary/aromatic N) is 1. The molecule has 2 nitrogen and oxygen atoms in total. The van der Waals surface area contributed by atoms with E-state index in [-0.39, 0.29) is 16.9 Å². The van der Waals surface area contributed by atoms with E-state index in [1.54, 1.807) is 12.1 Å². The van der Waals surface area contributed by atoms with Gasteiger partial charge in [0, 0.05) is 19.6 Å². The molecule has 0 radical (unpaired) electrons. The fourth-order valence-corrected chi connectivity index (χ4v) is 2.13. The number of hydrogen-bond donors (Lipinski definition) is 0. The molecule has 1 aliphatic heterocycles. The molecular weight excluding hydrogens is 229 g/mol. The first-order valence-corrected chi connectivity index (χ1v) is 5.81. The van der Waals surface area contributed by atoms with Crippen LogP contribution in [-0.4, -0.2) is 30.7 Å². The van der Waals surface area contributed by atoms with Crippen molar-refractivity contribution in [1.82, 2.24) is 4.90 Å². The molecule has 0 aromatic heterocycles. The van der Waals surface area contributed by atoms with Crippen LogP contribution in [0.2, 0.25) is 5.02 Å². The molecule has 4 heteroatoms. The van der Waals surface area contributed by atoms with E-state index >= 15 is 0 Å². The van der Waals surface area contributed by atoms with Crippen LogP contribution in [0.1, 0.15) is 12.5 Å². The molecule has 1 fully saturated rings. The molecule has 16 heavy (non-hydrogen) atoms. The van der Waals surface area contributed by atoms with E-state index in [0.717, 1.165) is 31.8 Å². The first kappa shape index (κ1) is 11.8. The van der Waals surface area contributed by atoms with Gasteiger partial charge in [0.1, 0.15) is 5.82 Å². The molecule has 1 saturated heterocycles. The summed E-state index contributed by atoms with van der Waals surface area (Å²) in [6.07, 6.45) is 0.268. The Hall–Kier alpha value is -0.640. The molecule has 0 unspecified atom stereocenters. The lowest BCUT2D eigenvalue weighted by Gasteiger charge is -2.31. The zero-order valence-electron chi connectivity index (χ0n) is 9.25. The Morgan fingerprint density at radius 3 is 3.06 bits per heavy atom. The molecule has 1 heterocycles. The summed E-state index contributed by atoms with van der Waals surface area (Å²) in [4.78, 5) is 2.29. The lowest BCUT2D eigenvalue weighted by molar-refractivity contribution is -0.0212. The minimum atomic E-state index is -0.360. The zero-order valence-corrected chi connectivity index (χ0v) is 10.0. The molecule has 0 saturated carbocycles. The van der Waals surface area contributed by atoms with Crippen LogP contribution in [-0.2, 0) is 11.3 Å². The van der Waals surface area contributed by atoms with Crippen LogP contribution in [0.15, 0.2) is 18.2 Å². The Balaban J connectivity index is 2.00. The molecule has 0 bridgehead atoms. The molecule has 88 valence electrons. The Kier molecular flexibility index (Phi) is 3.79. The van der Waals surface area contributed by atoms with Crippen LogP contribution in [0, 0.1) is 5.82 Å². The van der Waals surface area contributed by atoms with Gasteiger partial charge in [-0.25, -0.2) is 4.39 Å². The third kappa shape index (κ3) is 2.94. The number of ether oxygens (including phenoxy) is 1. The first-order chi connectivity index (χ1) is 7.65. The van der Waals surface area contributed by atoms with Crippen molar-refractivity contribution in [3.8, 4) is 0 Å². The molecule has 1 aliphatic rings. The Morgan fingerprint density at radius 1 is 1.56 bits per heavy atom. The molecule has 0 amide bonds. The zero-order chi connectivity index (χ0) is 11.5. The molecule has 0 N–H and O–H groups in total. The fraction of sp³-hybridized carbons (Fsp3) is 0.500. The van der Waals surface area contributed by atoms with Crippen molar-refractivity contribution in [2.24, 2.45) is 0 Å². The van der Waals surface area contributed by atoms with Gasteiger partial charge in [-0.15, -0.1) is 0 Å². The van der Waals surface area contributed by atoms with E-state index in [2.05, 4.69) is 11.8 Å². The van der Waals surface area contributed by atoms with Gasteiger partial charge < -0.3 is 4.74 Å². The average molecular weight is 244 g/mol. The van der Waals surface area contributed by atoms with Crippen molar-refractivity contribution in [3.63, 3.8) is 0 Å². The second-order valence-electron chi connectivity index (χ2n) is 4.16. The summed E-state index contributed by atoms with van der Waals surface area (Å²) in [5.74, 6) is -0.360. The highest BCUT2D eigenvalue weighted by Gasteiger charge is 2.16. The number of morpholine rings is 1. The molecule has 1 aromatic carbocycles. The van der Waals surface area contributed by atoms with Gasteiger partial charge in [-0.05, 0) is 24.6 Å². The monoisotopic (exact) mass is 243 g/mol. The summed E-state index contributed by atoms with van der Waals surface area (Å²) in [5.41, 5.74) is 1.04. The van der Waals surface area contributed by atoms with Crippen LogP contribution in [0.25, 0.3) is 0 Å². The lowest BCUT2D eigenvalue weighted by Crippen LogP contribution is -2.40. The summed E-state index contributed by atoms with van der Waals surface area (Å²) in [7, 11) is 0. The highest BCUT2D eigenvalue weighted by Crippen LogP contribution is 2.18. The predicted molar refractivity (Wildman–Crippen MR) is 62.1 cm³/mol. The minimum Gasteiger partial charge on any atom is -0.376 e. The highest BCUT2D eigenvalue weighted by atomic mass is 35.5. The van der Waals surface area contributed by atoms with Crippen LogP contribution < -0.4 is 0 Å². The maximum atomic E-state index is 13.0. The van der Waals surface area contributed by atoms with Crippen LogP contribution >= 0.6 is 11.6 Å². The summed E-state index contributed by atoms with van der Waals surface area (Å²) < 4.78 is 18.4. The van der Waals surface area contributed by atoms with Crippen molar-refractivity contribution in [3.05, 3.63) is 34.6 Å². The van der Waals surface area contributed by atoms with Gasteiger partial charge in [0.2, 0.25) is 0 Å². The minimum absolute atomic E-state index is 0.193. The molecule has 1 atom stereocenters. The SMILES string of the molecule is C[C@H]1CN(Cc2ccc(F)c(Cl)c2)CCO1. The normalized spacial score (nSPS) is 22.3. The van der Waals surface area contributed by atoms with E-state index in [1.807, 2.05) is 0 Å². The van der Waals surface area contributed by atoms with Crippen molar-refractivity contribution >= 4 is 11.6 Å². The lowest BCUT2D eigenvalue weighted by atomic mass is 10.2. The highest BCUT2D eigenvalue weighted by molar-refractivity contribution is 6.30. The summed E-state index contributed by atoms with van der Waals surface area (Å²) in [5, 5.41) is 0.193. The third-order valence-corrected chi connectivity index (χ3v) is 3.01. The maximum absolute atomic E-state index is 13.0. The van der Waals surface area contributed by atoms with Crippen molar-refractivity contribution < 1.29 is 9.13 Å². The number of benzene rings is 1. The van der Waals surface area contributed by atoms with Gasteiger partial charge in [-0.2, -0.15) is 0 Å². The summed E-state index contributed by atoms with van der Waals surface area (Å²) in [6, 6.07) is 4.89. The molecule has 2 rings (SSSR count). The summed E-state index contributed by atoms with van der Waals surface area (Å²) in [6.45, 7) is 5.45. The third-order valence-electron chi connectivity index (χ3n) is 2.72. The van der Waals surface area contributed by atoms with Crippen LogP contribution in [0.4, 0.5) is 4.39 Å². The van der Waals surface area contributed by atoms with Crippen molar-refractivity contribution in [2.75, 3.05) is 19.7 Å². The van der Waals surface area contributed by atoms with Gasteiger partial charge in [0.15, 0.2) is 0 Å². The van der Waals surface area contributed by atoms with Gasteiger partial charge in [0.25, 0.3) is 0 Å². The van der Waals surface area contributed by atoms with E-state index in [9.17, 15) is 4.39 Å². The molecule has 0 aliphatic carbocycles. The number of rotatable bonds is 2. The Labute approximate surface area is 100.0 Å². The molecule has 0 spiro atoms. The number of hydrogen-bond acceptors (Lipinski definition) is 2. The Bertz CT molecular complexity index is 372. The van der Waals surface area contributed by atoms with Gasteiger partial charge in [-0.3, -0.25) is 4.90 Å². The quantitative estimate of drug-likeness (QED) is 0.792. The van der Waals surface area contributed by atoms with E-state index < -0.39 is 0 Å². The topological polar surface area (TPSA) is 12.5 Å². The van der Waals surface area contributed by atoms with Gasteiger partial charge in [-0.1, -0.05) is 17.7 Å². The average Bonchev–Trinajstić information content (AvgIpc) is 2.24. The maximum Gasteiger partial charge on any atom is 0.141 e. The fourth-order valence-electron chi connectivity index (χ4n) is 1.93. The van der Waals surface area contributed by atoms with E-state index in [0.29, 0.717) is 0 Å². The number of halogens is 2. The second-order valence-corrected chi connectivity index (χ2v) is 4.57. The second kappa shape index (κ2) is 5.13. The molecule has 1 aromatic rings. The largest absolute Gasteiger partial charge is 0.376 e. The van der Waals surface area contributed by atoms with Crippen LogP contribution in [0.5, 0.6) is 0 Å². The Morgan fingerprint density at radius 2 is 2.38 bits per heavy atom. The van der Waals surface area contributed by atoms with E-state index in [4.69, 9.17) is 16.3 Å². The summed E-state index contributed by atoms with van der Waals surface area (Å²) >= 11 is 5.74. The standard InChI is InChI=1S/C12H15ClFNO/c1-9-7-15(4-5-16-9)8-10-2-3-12(14)11(13)6-10/h2-3,6,9H,4-5,7-8H2,1H3/t9-/m0/s1. The first-order valence-electron chi connectivity index (χ1n) is 5.43. The van der Waals surface area contributed by atoms with Crippen molar-refractivity contribution in [1.29, 1.82) is 0 Å². The smallest absolute Gasteiger partial charge is 0.141 e. The van der Waals surface area contributed by atoms with Gasteiger partial charge >= 0.3 is 0 Å². The molecular formula is C12H15ClFNO. The predicted octanol–water partition coefficient (Wildman–Crippen LogP) is 2.70. The van der Waals surface area contributed by atoms with E-state index in [1.165, 1.54) is 6.07 Å².